The summed E-state index contributed by atoms with van der Waals surface area (Å²) in [5.41, 5.74) is 4.78. The lowest BCUT2D eigenvalue weighted by molar-refractivity contribution is -0.136. The molecule has 0 atom stereocenters. The lowest BCUT2D eigenvalue weighted by atomic mass is 10.1. The number of carbonyl (C=O) groups is 1. The third-order valence-electron chi connectivity index (χ3n) is 5.21. The van der Waals surface area contributed by atoms with Crippen molar-refractivity contribution in [1.29, 1.82) is 0 Å². The molecule has 29 heavy (non-hydrogen) atoms. The van der Waals surface area contributed by atoms with Crippen molar-refractivity contribution in [2.75, 3.05) is 0 Å². The van der Waals surface area contributed by atoms with Gasteiger partial charge in [0.2, 0.25) is 0 Å². The average molecular weight is 381 g/mol. The van der Waals surface area contributed by atoms with Crippen molar-refractivity contribution < 1.29 is 14.3 Å². The van der Waals surface area contributed by atoms with E-state index in [2.05, 4.69) is 16.7 Å². The van der Waals surface area contributed by atoms with Crippen molar-refractivity contribution in [2.45, 2.75) is 13.0 Å². The van der Waals surface area contributed by atoms with Crippen LogP contribution in [-0.4, -0.2) is 15.6 Å². The number of hydrogen-bond donors (Lipinski definition) is 1. The SMILES string of the molecule is O=C(O)Cc1cn(Cc2ccccc2)c2ccc(-c3cc4ccccc4o3)cc12. The first kappa shape index (κ1) is 17.3. The molecule has 0 saturated carbocycles. The lowest BCUT2D eigenvalue weighted by Crippen LogP contribution is -2.00. The minimum atomic E-state index is -0.835. The van der Waals surface area contributed by atoms with E-state index in [9.17, 15) is 9.90 Å². The number of furan rings is 1. The first-order valence-electron chi connectivity index (χ1n) is 9.54. The summed E-state index contributed by atoms with van der Waals surface area (Å²) in [5.74, 6) is -0.0527. The van der Waals surface area contributed by atoms with Gasteiger partial charge >= 0.3 is 5.97 Å². The van der Waals surface area contributed by atoms with Crippen LogP contribution in [0.15, 0.2) is 89.5 Å². The summed E-state index contributed by atoms with van der Waals surface area (Å²) in [5, 5.41) is 11.4. The molecule has 2 heterocycles. The highest BCUT2D eigenvalue weighted by molar-refractivity contribution is 5.92. The molecule has 0 aliphatic heterocycles. The zero-order valence-electron chi connectivity index (χ0n) is 15.7. The van der Waals surface area contributed by atoms with E-state index in [1.54, 1.807) is 0 Å². The van der Waals surface area contributed by atoms with Gasteiger partial charge in [0, 0.05) is 34.6 Å². The van der Waals surface area contributed by atoms with E-state index < -0.39 is 5.97 Å². The molecular weight excluding hydrogens is 362 g/mol. The third kappa shape index (κ3) is 3.29. The Morgan fingerprint density at radius 1 is 0.931 bits per heavy atom. The van der Waals surface area contributed by atoms with Gasteiger partial charge in [-0.15, -0.1) is 0 Å². The number of para-hydroxylation sites is 1. The maximum Gasteiger partial charge on any atom is 0.307 e. The molecule has 0 saturated heterocycles. The second-order valence-corrected chi connectivity index (χ2v) is 7.22. The summed E-state index contributed by atoms with van der Waals surface area (Å²) in [6.45, 7) is 0.695. The molecule has 5 aromatic rings. The lowest BCUT2D eigenvalue weighted by Gasteiger charge is -2.06. The molecule has 2 aromatic heterocycles. The summed E-state index contributed by atoms with van der Waals surface area (Å²) < 4.78 is 8.12. The number of aliphatic carboxylic acids is 1. The monoisotopic (exact) mass is 381 g/mol. The molecule has 0 unspecified atom stereocenters. The van der Waals surface area contributed by atoms with Gasteiger partial charge in [0.05, 0.1) is 6.42 Å². The molecule has 1 N–H and O–H groups in total. The Balaban J connectivity index is 1.62. The largest absolute Gasteiger partial charge is 0.481 e. The molecule has 0 fully saturated rings. The van der Waals surface area contributed by atoms with Crippen LogP contribution >= 0.6 is 0 Å². The van der Waals surface area contributed by atoms with Crippen LogP contribution in [0.3, 0.4) is 0 Å². The van der Waals surface area contributed by atoms with Gasteiger partial charge in [0.1, 0.15) is 11.3 Å². The van der Waals surface area contributed by atoms with Gasteiger partial charge in [0.15, 0.2) is 0 Å². The van der Waals surface area contributed by atoms with Crippen molar-refractivity contribution in [3.05, 3.63) is 96.2 Å². The fourth-order valence-corrected chi connectivity index (χ4v) is 3.86. The standard InChI is InChI=1S/C25H19NO3/c27-25(28)14-20-16-26(15-17-6-2-1-3-7-17)22-11-10-19(12-21(20)22)24-13-18-8-4-5-9-23(18)29-24/h1-13,16H,14-15H2,(H,27,28). The van der Waals surface area contributed by atoms with E-state index in [-0.39, 0.29) is 6.42 Å². The van der Waals surface area contributed by atoms with E-state index in [1.165, 1.54) is 5.56 Å². The van der Waals surface area contributed by atoms with Gasteiger partial charge in [-0.05, 0) is 41.5 Å². The Morgan fingerprint density at radius 2 is 1.72 bits per heavy atom. The molecule has 0 aliphatic carbocycles. The minimum Gasteiger partial charge on any atom is -0.481 e. The number of carboxylic acid groups (broad SMARTS) is 1. The van der Waals surface area contributed by atoms with E-state index in [0.29, 0.717) is 6.54 Å². The van der Waals surface area contributed by atoms with Gasteiger partial charge in [-0.3, -0.25) is 4.79 Å². The molecule has 0 radical (unpaired) electrons. The summed E-state index contributed by atoms with van der Waals surface area (Å²) >= 11 is 0. The topological polar surface area (TPSA) is 55.4 Å². The molecule has 0 amide bonds. The van der Waals surface area contributed by atoms with Crippen molar-refractivity contribution >= 4 is 27.8 Å². The van der Waals surface area contributed by atoms with Crippen molar-refractivity contribution in [3.8, 4) is 11.3 Å². The highest BCUT2D eigenvalue weighted by Crippen LogP contribution is 2.32. The predicted octanol–water partition coefficient (Wildman–Crippen LogP) is 5.73. The van der Waals surface area contributed by atoms with Gasteiger partial charge in [0.25, 0.3) is 0 Å². The van der Waals surface area contributed by atoms with E-state index in [1.807, 2.05) is 72.9 Å². The smallest absolute Gasteiger partial charge is 0.307 e. The molecular formula is C25H19NO3. The van der Waals surface area contributed by atoms with Crippen LogP contribution in [0.1, 0.15) is 11.1 Å². The zero-order chi connectivity index (χ0) is 19.8. The highest BCUT2D eigenvalue weighted by atomic mass is 16.4. The highest BCUT2D eigenvalue weighted by Gasteiger charge is 2.14. The second-order valence-electron chi connectivity index (χ2n) is 7.22. The van der Waals surface area contributed by atoms with Crippen molar-refractivity contribution in [2.24, 2.45) is 0 Å². The van der Waals surface area contributed by atoms with Crippen LogP contribution < -0.4 is 0 Å². The first-order valence-corrected chi connectivity index (χ1v) is 9.54. The number of benzene rings is 3. The van der Waals surface area contributed by atoms with E-state index in [0.717, 1.165) is 38.8 Å². The third-order valence-corrected chi connectivity index (χ3v) is 5.21. The normalized spacial score (nSPS) is 11.3. The Hall–Kier alpha value is -3.79. The van der Waals surface area contributed by atoms with Crippen LogP contribution in [0.5, 0.6) is 0 Å². The maximum atomic E-state index is 11.4. The van der Waals surface area contributed by atoms with Crippen LogP contribution in [0.25, 0.3) is 33.2 Å². The van der Waals surface area contributed by atoms with Gasteiger partial charge < -0.3 is 14.1 Å². The second kappa shape index (κ2) is 6.99. The molecule has 0 spiro atoms. The van der Waals surface area contributed by atoms with Crippen molar-refractivity contribution in [3.63, 3.8) is 0 Å². The number of rotatable bonds is 5. The quantitative estimate of drug-likeness (QED) is 0.423. The number of aromatic nitrogens is 1. The van der Waals surface area contributed by atoms with Gasteiger partial charge in [-0.2, -0.15) is 0 Å². The van der Waals surface area contributed by atoms with Crippen LogP contribution in [-0.2, 0) is 17.8 Å². The fraction of sp³-hybridized carbons (Fsp3) is 0.0800. The zero-order valence-corrected chi connectivity index (χ0v) is 15.7. The van der Waals surface area contributed by atoms with Crippen LogP contribution in [0, 0.1) is 0 Å². The number of fused-ring (bicyclic) bond motifs is 2. The predicted molar refractivity (Wildman–Crippen MR) is 114 cm³/mol. The number of hydrogen-bond acceptors (Lipinski definition) is 2. The Bertz CT molecular complexity index is 1300. The molecule has 142 valence electrons. The molecule has 4 nitrogen and oxygen atoms in total. The van der Waals surface area contributed by atoms with Gasteiger partial charge in [-0.25, -0.2) is 0 Å². The molecule has 0 aliphatic rings. The molecule has 3 aromatic carbocycles. The average Bonchev–Trinajstić information content (AvgIpc) is 3.30. The maximum absolute atomic E-state index is 11.4. The van der Waals surface area contributed by atoms with Crippen molar-refractivity contribution in [1.82, 2.24) is 4.57 Å². The Labute approximate surface area is 167 Å². The Kier molecular flexibility index (Phi) is 4.17. The van der Waals surface area contributed by atoms with Crippen LogP contribution in [0.2, 0.25) is 0 Å². The minimum absolute atomic E-state index is 0.0120. The van der Waals surface area contributed by atoms with Crippen LogP contribution in [0.4, 0.5) is 0 Å². The van der Waals surface area contributed by atoms with Gasteiger partial charge in [-0.1, -0.05) is 48.5 Å². The van der Waals surface area contributed by atoms with E-state index >= 15 is 0 Å². The number of carboxylic acids is 1. The Morgan fingerprint density at radius 3 is 2.52 bits per heavy atom. The summed E-state index contributed by atoms with van der Waals surface area (Å²) in [4.78, 5) is 11.4. The molecule has 5 rings (SSSR count). The molecule has 4 heteroatoms. The first-order chi connectivity index (χ1) is 14.2. The fourth-order valence-electron chi connectivity index (χ4n) is 3.86. The summed E-state index contributed by atoms with van der Waals surface area (Å²) in [6.07, 6.45) is 1.94. The van der Waals surface area contributed by atoms with E-state index in [4.69, 9.17) is 4.42 Å². The molecule has 0 bridgehead atoms. The summed E-state index contributed by atoms with van der Waals surface area (Å²) in [7, 11) is 0. The number of nitrogens with zero attached hydrogens (tertiary/aromatic N) is 1. The summed E-state index contributed by atoms with van der Waals surface area (Å²) in [6, 6.07) is 26.2.